The molecule has 2 aromatic heterocycles. The lowest BCUT2D eigenvalue weighted by atomic mass is 9.90. The predicted octanol–water partition coefficient (Wildman–Crippen LogP) is 4.62. The van der Waals surface area contributed by atoms with Crippen LogP contribution in [0.4, 0.5) is 0 Å². The van der Waals surface area contributed by atoms with Crippen LogP contribution in [-0.2, 0) is 22.4 Å². The maximum Gasteiger partial charge on any atom is 0.278 e. The zero-order chi connectivity index (χ0) is 21.2. The first-order valence-corrected chi connectivity index (χ1v) is 12.4. The molecular weight excluding hydrogens is 430 g/mol. The number of carbonyl (C=O) groups is 1. The van der Waals surface area contributed by atoms with Crippen LogP contribution in [0.25, 0.3) is 10.8 Å². The van der Waals surface area contributed by atoms with Crippen LogP contribution in [0, 0.1) is 5.92 Å². The Morgan fingerprint density at radius 1 is 1.23 bits per heavy atom. The second-order valence-corrected chi connectivity index (χ2v) is 10.3. The number of nitrogens with zero attached hydrogens (tertiary/aromatic N) is 3. The molecule has 162 valence electrons. The van der Waals surface area contributed by atoms with E-state index in [9.17, 15) is 4.79 Å². The van der Waals surface area contributed by atoms with Crippen LogP contribution >= 0.6 is 23.1 Å². The van der Waals surface area contributed by atoms with E-state index in [1.165, 1.54) is 28.6 Å². The van der Waals surface area contributed by atoms with E-state index >= 15 is 0 Å². The summed E-state index contributed by atoms with van der Waals surface area (Å²) in [4.78, 5) is 17.6. The highest BCUT2D eigenvalue weighted by Gasteiger charge is 2.30. The fourth-order valence-corrected chi connectivity index (χ4v) is 6.20. The highest BCUT2D eigenvalue weighted by Crippen LogP contribution is 2.40. The molecule has 0 N–H and O–H groups in total. The molecule has 5 rings (SSSR count). The van der Waals surface area contributed by atoms with Crippen molar-refractivity contribution in [2.45, 2.75) is 36.7 Å². The number of amides is 1. The van der Waals surface area contributed by atoms with Gasteiger partial charge in [-0.15, -0.1) is 21.5 Å². The van der Waals surface area contributed by atoms with Gasteiger partial charge in [0.2, 0.25) is 5.91 Å². The molecule has 3 heterocycles. The summed E-state index contributed by atoms with van der Waals surface area (Å²) in [5, 5.41) is 8.56. The van der Waals surface area contributed by atoms with Gasteiger partial charge in [-0.3, -0.25) is 4.79 Å². The van der Waals surface area contributed by atoms with E-state index in [-0.39, 0.29) is 5.91 Å². The SMILES string of the molecule is C[C@H]1CCc2sc(-c3nnc(S[C@H](C(=O)N4CCOCC4)c4ccccc4)o3)cc2C1. The van der Waals surface area contributed by atoms with Gasteiger partial charge in [0, 0.05) is 18.0 Å². The van der Waals surface area contributed by atoms with Crippen molar-refractivity contribution in [1.29, 1.82) is 0 Å². The number of fused-ring (bicyclic) bond motifs is 1. The minimum Gasteiger partial charge on any atom is -0.410 e. The second kappa shape index (κ2) is 9.14. The van der Waals surface area contributed by atoms with Crippen molar-refractivity contribution < 1.29 is 13.9 Å². The van der Waals surface area contributed by atoms with Crippen LogP contribution in [0.15, 0.2) is 46.0 Å². The molecule has 3 aromatic rings. The number of rotatable bonds is 5. The Morgan fingerprint density at radius 3 is 2.84 bits per heavy atom. The molecule has 1 amide bonds. The number of hydrogen-bond acceptors (Lipinski definition) is 7. The summed E-state index contributed by atoms with van der Waals surface area (Å²) in [5.41, 5.74) is 2.35. The van der Waals surface area contributed by atoms with Gasteiger partial charge in [-0.05, 0) is 54.1 Å². The Bertz CT molecular complexity index is 1040. The first-order chi connectivity index (χ1) is 15.2. The monoisotopic (exact) mass is 455 g/mol. The molecule has 0 saturated carbocycles. The average Bonchev–Trinajstić information content (AvgIpc) is 3.45. The van der Waals surface area contributed by atoms with Crippen LogP contribution in [0.5, 0.6) is 0 Å². The Labute approximate surface area is 190 Å². The third-order valence-corrected chi connectivity index (χ3v) is 8.12. The molecule has 0 radical (unpaired) electrons. The molecule has 1 aliphatic carbocycles. The molecule has 2 aliphatic rings. The fraction of sp³-hybridized carbons (Fsp3) is 0.435. The minimum atomic E-state index is -0.426. The zero-order valence-corrected chi connectivity index (χ0v) is 19.1. The minimum absolute atomic E-state index is 0.0554. The molecule has 1 aromatic carbocycles. The molecule has 0 unspecified atom stereocenters. The smallest absolute Gasteiger partial charge is 0.278 e. The number of hydrogen-bond donors (Lipinski definition) is 0. The van der Waals surface area contributed by atoms with Crippen LogP contribution in [0.3, 0.4) is 0 Å². The molecule has 0 bridgehead atoms. The van der Waals surface area contributed by atoms with Crippen molar-refractivity contribution in [3.8, 4) is 10.8 Å². The number of thiophene rings is 1. The molecule has 6 nitrogen and oxygen atoms in total. The summed E-state index contributed by atoms with van der Waals surface area (Å²) in [5.74, 6) is 1.32. The summed E-state index contributed by atoms with van der Waals surface area (Å²) in [6.45, 7) is 4.67. The molecule has 31 heavy (non-hydrogen) atoms. The maximum atomic E-state index is 13.3. The van der Waals surface area contributed by atoms with E-state index < -0.39 is 5.25 Å². The van der Waals surface area contributed by atoms with Crippen molar-refractivity contribution >= 4 is 29.0 Å². The summed E-state index contributed by atoms with van der Waals surface area (Å²) in [7, 11) is 0. The second-order valence-electron chi connectivity index (χ2n) is 8.13. The number of benzene rings is 1. The number of aromatic nitrogens is 2. The lowest BCUT2D eigenvalue weighted by Gasteiger charge is -2.29. The number of morpholine rings is 1. The van der Waals surface area contributed by atoms with Crippen molar-refractivity contribution in [3.63, 3.8) is 0 Å². The number of ether oxygens (including phenoxy) is 1. The van der Waals surface area contributed by atoms with Crippen LogP contribution in [-0.4, -0.2) is 47.3 Å². The van der Waals surface area contributed by atoms with Gasteiger partial charge in [-0.2, -0.15) is 0 Å². The highest BCUT2D eigenvalue weighted by atomic mass is 32.2. The van der Waals surface area contributed by atoms with Crippen molar-refractivity contribution in [2.75, 3.05) is 26.3 Å². The normalized spacial score (nSPS) is 19.8. The van der Waals surface area contributed by atoms with Gasteiger partial charge in [0.25, 0.3) is 11.1 Å². The zero-order valence-electron chi connectivity index (χ0n) is 17.5. The molecule has 8 heteroatoms. The Morgan fingerprint density at radius 2 is 2.03 bits per heavy atom. The van der Waals surface area contributed by atoms with E-state index in [1.807, 2.05) is 35.2 Å². The molecule has 2 atom stereocenters. The maximum absolute atomic E-state index is 13.3. The van der Waals surface area contributed by atoms with E-state index in [0.717, 1.165) is 29.2 Å². The summed E-state index contributed by atoms with van der Waals surface area (Å²) in [6, 6.07) is 12.0. The van der Waals surface area contributed by atoms with Gasteiger partial charge < -0.3 is 14.1 Å². The van der Waals surface area contributed by atoms with Crippen LogP contribution in [0.2, 0.25) is 0 Å². The van der Waals surface area contributed by atoms with Crippen molar-refractivity contribution in [1.82, 2.24) is 15.1 Å². The summed E-state index contributed by atoms with van der Waals surface area (Å²) in [6.07, 6.45) is 3.48. The Hall–Kier alpha value is -2.16. The fourth-order valence-electron chi connectivity index (χ4n) is 4.11. The molecule has 1 saturated heterocycles. The van der Waals surface area contributed by atoms with E-state index in [4.69, 9.17) is 9.15 Å². The third-order valence-electron chi connectivity index (χ3n) is 5.81. The predicted molar refractivity (Wildman–Crippen MR) is 121 cm³/mol. The highest BCUT2D eigenvalue weighted by molar-refractivity contribution is 8.00. The van der Waals surface area contributed by atoms with Crippen molar-refractivity contribution in [2.24, 2.45) is 5.92 Å². The first-order valence-electron chi connectivity index (χ1n) is 10.7. The first kappa shape index (κ1) is 20.7. The van der Waals surface area contributed by atoms with E-state index in [2.05, 4.69) is 23.2 Å². The van der Waals surface area contributed by atoms with Gasteiger partial charge in [0.1, 0.15) is 5.25 Å². The van der Waals surface area contributed by atoms with Crippen LogP contribution in [0.1, 0.15) is 34.6 Å². The topological polar surface area (TPSA) is 68.5 Å². The summed E-state index contributed by atoms with van der Waals surface area (Å²) >= 11 is 3.08. The molecular formula is C23H25N3O3S2. The standard InChI is InChI=1S/C23H25N3O3S2/c1-15-7-8-18-17(13-15)14-19(30-18)21-24-25-23(29-21)31-20(16-5-3-2-4-6-16)22(27)26-9-11-28-12-10-26/h2-6,14-15,20H,7-13H2,1H3/t15-,20-/m0/s1. The Kier molecular flexibility index (Phi) is 6.11. The summed E-state index contributed by atoms with van der Waals surface area (Å²) < 4.78 is 11.4. The third kappa shape index (κ3) is 4.56. The van der Waals surface area contributed by atoms with Crippen LogP contribution < -0.4 is 0 Å². The lowest BCUT2D eigenvalue weighted by molar-refractivity contribution is -0.134. The largest absolute Gasteiger partial charge is 0.410 e. The number of carbonyl (C=O) groups excluding carboxylic acids is 1. The van der Waals surface area contributed by atoms with Gasteiger partial charge in [-0.25, -0.2) is 0 Å². The Balaban J connectivity index is 1.37. The van der Waals surface area contributed by atoms with Gasteiger partial charge in [-0.1, -0.05) is 37.3 Å². The van der Waals surface area contributed by atoms with Gasteiger partial charge in [0.15, 0.2) is 0 Å². The number of aryl methyl sites for hydroxylation is 1. The van der Waals surface area contributed by atoms with E-state index in [1.54, 1.807) is 11.3 Å². The van der Waals surface area contributed by atoms with Gasteiger partial charge >= 0.3 is 0 Å². The van der Waals surface area contributed by atoms with E-state index in [0.29, 0.717) is 37.4 Å². The van der Waals surface area contributed by atoms with Crippen molar-refractivity contribution in [3.05, 3.63) is 52.4 Å². The van der Waals surface area contributed by atoms with Gasteiger partial charge in [0.05, 0.1) is 18.1 Å². The number of thioether (sulfide) groups is 1. The lowest BCUT2D eigenvalue weighted by Crippen LogP contribution is -2.42. The average molecular weight is 456 g/mol. The molecule has 0 spiro atoms. The molecule has 1 aliphatic heterocycles. The quantitative estimate of drug-likeness (QED) is 0.523. The molecule has 1 fully saturated rings.